The molecular weight excluding hydrogens is 243 g/mol. The predicted octanol–water partition coefficient (Wildman–Crippen LogP) is 1.95. The first-order valence-electron chi connectivity index (χ1n) is 4.20. The highest BCUT2D eigenvalue weighted by atomic mass is 32.1. The predicted molar refractivity (Wildman–Crippen MR) is 51.8 cm³/mol. The Labute approximate surface area is 91.3 Å². The molecule has 4 nitrogen and oxygen atoms in total. The van der Waals surface area contributed by atoms with E-state index in [1.807, 2.05) is 5.10 Å². The molecule has 0 bridgehead atoms. The van der Waals surface area contributed by atoms with Gasteiger partial charge >= 0.3 is 6.18 Å². The van der Waals surface area contributed by atoms with Crippen molar-refractivity contribution in [2.24, 2.45) is 0 Å². The summed E-state index contributed by atoms with van der Waals surface area (Å²) in [6.45, 7) is 1.13. The van der Waals surface area contributed by atoms with E-state index in [9.17, 15) is 18.0 Å². The molecule has 2 rings (SSSR count). The van der Waals surface area contributed by atoms with Crippen molar-refractivity contribution < 1.29 is 13.2 Å². The van der Waals surface area contributed by atoms with Crippen LogP contribution in [-0.4, -0.2) is 14.8 Å². The topological polar surface area (TPSA) is 50.7 Å². The summed E-state index contributed by atoms with van der Waals surface area (Å²) in [5.74, 6) is 0. The number of alkyl halides is 3. The van der Waals surface area contributed by atoms with Gasteiger partial charge in [0.2, 0.25) is 5.13 Å². The minimum absolute atomic E-state index is 0.184. The van der Waals surface area contributed by atoms with Crippen molar-refractivity contribution in [3.8, 4) is 5.13 Å². The average Bonchev–Trinajstić information content (AvgIpc) is 2.75. The molecule has 0 saturated carbocycles. The summed E-state index contributed by atoms with van der Waals surface area (Å²) in [7, 11) is 0. The van der Waals surface area contributed by atoms with Crippen molar-refractivity contribution in [1.29, 1.82) is 0 Å². The molecule has 8 heteroatoms. The summed E-state index contributed by atoms with van der Waals surface area (Å²) in [6.07, 6.45) is -3.15. The molecule has 16 heavy (non-hydrogen) atoms. The van der Waals surface area contributed by atoms with E-state index in [0.717, 1.165) is 22.9 Å². The molecule has 0 saturated heterocycles. The Kier molecular flexibility index (Phi) is 2.38. The van der Waals surface area contributed by atoms with Gasteiger partial charge in [0.25, 0.3) is 5.56 Å². The van der Waals surface area contributed by atoms with Crippen LogP contribution in [0.15, 0.2) is 16.4 Å². The van der Waals surface area contributed by atoms with E-state index in [1.165, 1.54) is 6.20 Å². The van der Waals surface area contributed by atoms with Crippen LogP contribution in [0, 0.1) is 6.92 Å². The van der Waals surface area contributed by atoms with Crippen LogP contribution in [0.25, 0.3) is 5.13 Å². The molecule has 2 heterocycles. The van der Waals surface area contributed by atoms with Crippen molar-refractivity contribution in [2.45, 2.75) is 13.1 Å². The van der Waals surface area contributed by atoms with Gasteiger partial charge in [0.1, 0.15) is 5.69 Å². The molecule has 0 aliphatic carbocycles. The Hall–Kier alpha value is -1.57. The monoisotopic (exact) mass is 249 g/mol. The smallest absolute Gasteiger partial charge is 0.284 e. The molecule has 2 aromatic heterocycles. The highest BCUT2D eigenvalue weighted by Gasteiger charge is 2.36. The second-order valence-electron chi connectivity index (χ2n) is 3.06. The van der Waals surface area contributed by atoms with Crippen LogP contribution in [0.4, 0.5) is 13.2 Å². The lowest BCUT2D eigenvalue weighted by Gasteiger charge is -2.03. The molecule has 2 aromatic rings. The number of thiazole rings is 1. The van der Waals surface area contributed by atoms with Gasteiger partial charge < -0.3 is 0 Å². The molecular formula is C8H6F3N3OS. The third kappa shape index (κ3) is 1.64. The number of H-pyrrole nitrogens is 1. The number of rotatable bonds is 1. The maximum absolute atomic E-state index is 12.5. The quantitative estimate of drug-likeness (QED) is 0.839. The number of aromatic nitrogens is 3. The lowest BCUT2D eigenvalue weighted by molar-refractivity contribution is -0.141. The molecule has 0 atom stereocenters. The molecule has 0 amide bonds. The maximum Gasteiger partial charge on any atom is 0.433 e. The van der Waals surface area contributed by atoms with Crippen LogP contribution < -0.4 is 5.56 Å². The molecule has 0 aliphatic rings. The van der Waals surface area contributed by atoms with Crippen LogP contribution in [0.1, 0.15) is 11.3 Å². The summed E-state index contributed by atoms with van der Waals surface area (Å²) < 4.78 is 38.2. The highest BCUT2D eigenvalue weighted by Crippen LogP contribution is 2.29. The molecule has 0 aliphatic heterocycles. The fourth-order valence-electron chi connectivity index (χ4n) is 1.26. The number of nitrogens with zero attached hydrogens (tertiary/aromatic N) is 2. The lowest BCUT2D eigenvalue weighted by atomic mass is 10.3. The van der Waals surface area contributed by atoms with E-state index in [4.69, 9.17) is 0 Å². The first-order chi connectivity index (χ1) is 7.41. The minimum Gasteiger partial charge on any atom is -0.284 e. The van der Waals surface area contributed by atoms with Crippen molar-refractivity contribution >= 4 is 11.3 Å². The van der Waals surface area contributed by atoms with Gasteiger partial charge in [-0.05, 0) is 6.92 Å². The molecule has 0 fully saturated rings. The summed E-state index contributed by atoms with van der Waals surface area (Å²) in [5.41, 5.74) is -2.13. The van der Waals surface area contributed by atoms with Crippen LogP contribution >= 0.6 is 11.3 Å². The third-order valence-electron chi connectivity index (χ3n) is 2.02. The lowest BCUT2D eigenvalue weighted by Crippen LogP contribution is -2.15. The van der Waals surface area contributed by atoms with Crippen LogP contribution in [0.2, 0.25) is 0 Å². The largest absolute Gasteiger partial charge is 0.433 e. The Balaban J connectivity index is 2.64. The second-order valence-corrected chi connectivity index (χ2v) is 3.94. The van der Waals surface area contributed by atoms with E-state index < -0.39 is 17.4 Å². The molecule has 1 N–H and O–H groups in total. The van der Waals surface area contributed by atoms with E-state index >= 15 is 0 Å². The second kappa shape index (κ2) is 3.48. The average molecular weight is 249 g/mol. The van der Waals surface area contributed by atoms with Gasteiger partial charge in [0.15, 0.2) is 0 Å². The first-order valence-corrected chi connectivity index (χ1v) is 5.08. The van der Waals surface area contributed by atoms with Gasteiger partial charge in [-0.25, -0.2) is 4.98 Å². The Morgan fingerprint density at radius 1 is 1.50 bits per heavy atom. The number of halogens is 3. The van der Waals surface area contributed by atoms with Crippen LogP contribution in [0.3, 0.4) is 0 Å². The Morgan fingerprint density at radius 3 is 2.62 bits per heavy atom. The normalized spacial score (nSPS) is 12.0. The summed E-state index contributed by atoms with van der Waals surface area (Å²) in [6, 6.07) is 0. The summed E-state index contributed by atoms with van der Waals surface area (Å²) in [5, 5.41) is 3.78. The minimum atomic E-state index is -4.56. The van der Waals surface area contributed by atoms with E-state index in [0.29, 0.717) is 0 Å². The molecule has 86 valence electrons. The van der Waals surface area contributed by atoms with Crippen molar-refractivity contribution in [3.05, 3.63) is 33.2 Å². The number of hydrogen-bond donors (Lipinski definition) is 1. The summed E-state index contributed by atoms with van der Waals surface area (Å²) >= 11 is 1.08. The molecule has 0 unspecified atom stereocenters. The van der Waals surface area contributed by atoms with E-state index in [-0.39, 0.29) is 10.7 Å². The van der Waals surface area contributed by atoms with Gasteiger partial charge in [0, 0.05) is 17.1 Å². The van der Waals surface area contributed by atoms with E-state index in [2.05, 4.69) is 4.98 Å². The third-order valence-corrected chi connectivity index (χ3v) is 2.77. The molecule has 0 aromatic carbocycles. The van der Waals surface area contributed by atoms with Gasteiger partial charge in [-0.1, -0.05) is 0 Å². The zero-order valence-corrected chi connectivity index (χ0v) is 8.82. The summed E-state index contributed by atoms with van der Waals surface area (Å²) in [4.78, 5) is 15.3. The molecule has 0 radical (unpaired) electrons. The fraction of sp³-hybridized carbons (Fsp3) is 0.250. The zero-order chi connectivity index (χ0) is 11.9. The Bertz CT molecular complexity index is 552. The molecule has 0 spiro atoms. The van der Waals surface area contributed by atoms with Gasteiger partial charge in [-0.2, -0.15) is 17.9 Å². The fourth-order valence-corrected chi connectivity index (χ4v) is 1.86. The Morgan fingerprint density at radius 2 is 2.19 bits per heavy atom. The van der Waals surface area contributed by atoms with Crippen LogP contribution in [-0.2, 0) is 6.18 Å². The number of hydrogen-bond acceptors (Lipinski definition) is 3. The SMILES string of the molecule is Cc1c(C(F)(F)F)[nH]n(-c2nccs2)c1=O. The van der Waals surface area contributed by atoms with E-state index in [1.54, 1.807) is 5.38 Å². The van der Waals surface area contributed by atoms with Gasteiger partial charge in [0.05, 0.1) is 0 Å². The first kappa shape index (κ1) is 10.9. The number of nitrogens with one attached hydrogen (secondary N) is 1. The zero-order valence-electron chi connectivity index (χ0n) is 8.00. The highest BCUT2D eigenvalue weighted by molar-refractivity contribution is 7.12. The van der Waals surface area contributed by atoms with Crippen molar-refractivity contribution in [3.63, 3.8) is 0 Å². The number of aromatic amines is 1. The maximum atomic E-state index is 12.5. The van der Waals surface area contributed by atoms with Crippen molar-refractivity contribution in [2.75, 3.05) is 0 Å². The van der Waals surface area contributed by atoms with Crippen LogP contribution in [0.5, 0.6) is 0 Å². The van der Waals surface area contributed by atoms with Crippen molar-refractivity contribution in [1.82, 2.24) is 14.8 Å². The van der Waals surface area contributed by atoms with Gasteiger partial charge in [-0.15, -0.1) is 11.3 Å². The van der Waals surface area contributed by atoms with Gasteiger partial charge in [-0.3, -0.25) is 9.89 Å². The standard InChI is InChI=1S/C8H6F3N3OS/c1-4-5(8(9,10)11)13-14(6(4)15)7-12-2-3-16-7/h2-3,13H,1H3.